The fraction of sp³-hybridized carbons (Fsp3) is 0.0714. The first-order chi connectivity index (χ1) is 8.65. The van der Waals surface area contributed by atoms with E-state index in [1.807, 2.05) is 0 Å². The minimum atomic E-state index is -0.454. The molecule has 2 rings (SSSR count). The zero-order valence-electron chi connectivity index (χ0n) is 9.75. The molecule has 0 amide bonds. The van der Waals surface area contributed by atoms with Crippen LogP contribution in [0.5, 0.6) is 17.2 Å². The fourth-order valence-electron chi connectivity index (χ4n) is 1.68. The van der Waals surface area contributed by atoms with Crippen LogP contribution in [0, 0.1) is 0 Å². The number of ketones is 1. The van der Waals surface area contributed by atoms with E-state index in [0.29, 0.717) is 0 Å². The molecule has 2 aromatic rings. The molecule has 0 aromatic heterocycles. The van der Waals surface area contributed by atoms with Crippen molar-refractivity contribution >= 4 is 5.78 Å². The highest BCUT2D eigenvalue weighted by Gasteiger charge is 2.18. The third-order valence-corrected chi connectivity index (χ3v) is 2.61. The van der Waals surface area contributed by atoms with Crippen molar-refractivity contribution in [3.05, 3.63) is 53.6 Å². The van der Waals surface area contributed by atoms with E-state index in [1.165, 1.54) is 25.3 Å². The number of carbonyl (C=O) groups excluding carboxylic acids is 1. The fourth-order valence-corrected chi connectivity index (χ4v) is 1.68. The van der Waals surface area contributed by atoms with Crippen LogP contribution in [0.2, 0.25) is 0 Å². The van der Waals surface area contributed by atoms with E-state index < -0.39 is 5.78 Å². The quantitative estimate of drug-likeness (QED) is 0.813. The van der Waals surface area contributed by atoms with Gasteiger partial charge in [0.15, 0.2) is 11.5 Å². The summed E-state index contributed by atoms with van der Waals surface area (Å²) in [6.45, 7) is 0. The van der Waals surface area contributed by atoms with Crippen LogP contribution in [-0.2, 0) is 0 Å². The number of benzene rings is 2. The Morgan fingerprint density at radius 2 is 1.67 bits per heavy atom. The first-order valence-corrected chi connectivity index (χ1v) is 5.34. The lowest BCUT2D eigenvalue weighted by atomic mass is 10.0. The van der Waals surface area contributed by atoms with E-state index in [1.54, 1.807) is 24.3 Å². The Balaban J connectivity index is 2.50. The van der Waals surface area contributed by atoms with Crippen molar-refractivity contribution in [2.45, 2.75) is 0 Å². The lowest BCUT2D eigenvalue weighted by molar-refractivity contribution is 0.103. The maximum absolute atomic E-state index is 12.2. The normalized spacial score (nSPS) is 10.1. The average molecular weight is 244 g/mol. The van der Waals surface area contributed by atoms with Crippen LogP contribution in [0.3, 0.4) is 0 Å². The highest BCUT2D eigenvalue weighted by molar-refractivity contribution is 6.12. The van der Waals surface area contributed by atoms with Crippen molar-refractivity contribution in [2.75, 3.05) is 7.11 Å². The highest BCUT2D eigenvalue weighted by atomic mass is 16.5. The molecule has 0 fully saturated rings. The van der Waals surface area contributed by atoms with E-state index in [2.05, 4.69) is 0 Å². The number of phenolic OH excluding ortho intramolecular Hbond substituents is 2. The molecule has 0 bridgehead atoms. The Labute approximate surface area is 104 Å². The van der Waals surface area contributed by atoms with Gasteiger partial charge >= 0.3 is 0 Å². The summed E-state index contributed by atoms with van der Waals surface area (Å²) >= 11 is 0. The summed E-state index contributed by atoms with van der Waals surface area (Å²) in [4.78, 5) is 12.2. The number of carbonyl (C=O) groups is 1. The number of hydrogen-bond donors (Lipinski definition) is 2. The minimum Gasteiger partial charge on any atom is -0.507 e. The summed E-state index contributed by atoms with van der Waals surface area (Å²) in [5.74, 6) is -0.584. The Morgan fingerprint density at radius 1 is 1.00 bits per heavy atom. The molecule has 2 aromatic carbocycles. The smallest absolute Gasteiger partial charge is 0.200 e. The summed E-state index contributed by atoms with van der Waals surface area (Å²) in [6, 6.07) is 10.8. The second kappa shape index (κ2) is 4.79. The summed E-state index contributed by atoms with van der Waals surface area (Å²) < 4.78 is 4.94. The molecule has 2 N–H and O–H groups in total. The van der Waals surface area contributed by atoms with Crippen LogP contribution in [0.15, 0.2) is 42.5 Å². The van der Waals surface area contributed by atoms with E-state index >= 15 is 0 Å². The number of rotatable bonds is 3. The predicted molar refractivity (Wildman–Crippen MR) is 66.2 cm³/mol. The lowest BCUT2D eigenvalue weighted by Gasteiger charge is -2.08. The van der Waals surface area contributed by atoms with Gasteiger partial charge in [-0.25, -0.2) is 0 Å². The van der Waals surface area contributed by atoms with Gasteiger partial charge in [0.05, 0.1) is 18.2 Å². The molecule has 0 aliphatic rings. The van der Waals surface area contributed by atoms with Crippen molar-refractivity contribution < 1.29 is 19.7 Å². The van der Waals surface area contributed by atoms with Crippen LogP contribution in [0.25, 0.3) is 0 Å². The van der Waals surface area contributed by atoms with Crippen molar-refractivity contribution in [3.63, 3.8) is 0 Å². The number of hydrogen-bond acceptors (Lipinski definition) is 4. The molecule has 18 heavy (non-hydrogen) atoms. The largest absolute Gasteiger partial charge is 0.507 e. The van der Waals surface area contributed by atoms with Crippen LogP contribution in [-0.4, -0.2) is 23.1 Å². The zero-order chi connectivity index (χ0) is 13.1. The maximum atomic E-state index is 12.2. The standard InChI is InChI=1S/C14H12O4/c1-18-12-8-4-6-10(14(12)17)13(16)9-5-2-3-7-11(9)15/h2-8,15,17H,1H3. The zero-order valence-corrected chi connectivity index (χ0v) is 9.75. The van der Waals surface area contributed by atoms with Crippen LogP contribution >= 0.6 is 0 Å². The molecule has 92 valence electrons. The molecule has 0 saturated carbocycles. The monoisotopic (exact) mass is 244 g/mol. The summed E-state index contributed by atoms with van der Waals surface area (Å²) in [7, 11) is 1.41. The van der Waals surface area contributed by atoms with Gasteiger partial charge in [-0.05, 0) is 24.3 Å². The molecule has 0 aliphatic carbocycles. The Kier molecular flexibility index (Phi) is 3.19. The first-order valence-electron chi connectivity index (χ1n) is 5.34. The second-order valence-electron chi connectivity index (χ2n) is 3.70. The molecule has 4 nitrogen and oxygen atoms in total. The van der Waals surface area contributed by atoms with Gasteiger partial charge < -0.3 is 14.9 Å². The summed E-state index contributed by atoms with van der Waals surface area (Å²) in [5, 5.41) is 19.5. The van der Waals surface area contributed by atoms with Crippen molar-refractivity contribution in [1.29, 1.82) is 0 Å². The van der Waals surface area contributed by atoms with Gasteiger partial charge in [-0.3, -0.25) is 4.79 Å². The van der Waals surface area contributed by atoms with Crippen molar-refractivity contribution in [3.8, 4) is 17.2 Å². The molecule has 0 radical (unpaired) electrons. The van der Waals surface area contributed by atoms with Gasteiger partial charge in [0.1, 0.15) is 5.75 Å². The Bertz CT molecular complexity index is 590. The van der Waals surface area contributed by atoms with Gasteiger partial charge in [0, 0.05) is 0 Å². The van der Waals surface area contributed by atoms with E-state index in [-0.39, 0.29) is 28.4 Å². The molecular weight excluding hydrogens is 232 g/mol. The van der Waals surface area contributed by atoms with Gasteiger partial charge in [-0.15, -0.1) is 0 Å². The number of aromatic hydroxyl groups is 2. The molecule has 0 atom stereocenters. The van der Waals surface area contributed by atoms with Gasteiger partial charge in [-0.1, -0.05) is 18.2 Å². The second-order valence-corrected chi connectivity index (χ2v) is 3.70. The van der Waals surface area contributed by atoms with Crippen LogP contribution < -0.4 is 4.74 Å². The maximum Gasteiger partial charge on any atom is 0.200 e. The van der Waals surface area contributed by atoms with Gasteiger partial charge in [-0.2, -0.15) is 0 Å². The number of methoxy groups -OCH3 is 1. The van der Waals surface area contributed by atoms with Gasteiger partial charge in [0.2, 0.25) is 5.78 Å². The van der Waals surface area contributed by atoms with E-state index in [0.717, 1.165) is 0 Å². The lowest BCUT2D eigenvalue weighted by Crippen LogP contribution is -2.02. The number of ether oxygens (including phenoxy) is 1. The minimum absolute atomic E-state index is 0.0934. The third-order valence-electron chi connectivity index (χ3n) is 2.61. The molecule has 0 saturated heterocycles. The summed E-state index contributed by atoms with van der Waals surface area (Å²) in [6.07, 6.45) is 0. The third kappa shape index (κ3) is 2.00. The molecule has 0 aliphatic heterocycles. The average Bonchev–Trinajstić information content (AvgIpc) is 2.39. The SMILES string of the molecule is COc1cccc(C(=O)c2ccccc2O)c1O. The Hall–Kier alpha value is -2.49. The molecule has 0 spiro atoms. The van der Waals surface area contributed by atoms with Crippen LogP contribution in [0.1, 0.15) is 15.9 Å². The molecule has 0 heterocycles. The topological polar surface area (TPSA) is 66.8 Å². The number of para-hydroxylation sites is 2. The van der Waals surface area contributed by atoms with E-state index in [9.17, 15) is 15.0 Å². The highest BCUT2D eigenvalue weighted by Crippen LogP contribution is 2.32. The van der Waals surface area contributed by atoms with Crippen LogP contribution in [0.4, 0.5) is 0 Å². The van der Waals surface area contributed by atoms with Crippen molar-refractivity contribution in [1.82, 2.24) is 0 Å². The molecular formula is C14H12O4. The first kappa shape index (κ1) is 12.0. The predicted octanol–water partition coefficient (Wildman–Crippen LogP) is 2.34. The summed E-state index contributed by atoms with van der Waals surface area (Å²) in [5.41, 5.74) is 0.233. The molecule has 4 heteroatoms. The number of phenols is 2. The van der Waals surface area contributed by atoms with Crippen molar-refractivity contribution in [2.24, 2.45) is 0 Å². The van der Waals surface area contributed by atoms with E-state index in [4.69, 9.17) is 4.74 Å². The Morgan fingerprint density at radius 3 is 2.33 bits per heavy atom. The molecule has 0 unspecified atom stereocenters. The van der Waals surface area contributed by atoms with Gasteiger partial charge in [0.25, 0.3) is 0 Å².